The minimum atomic E-state index is -0.332. The van der Waals surface area contributed by atoms with E-state index in [2.05, 4.69) is 35.1 Å². The van der Waals surface area contributed by atoms with Crippen molar-refractivity contribution in [1.29, 1.82) is 0 Å². The van der Waals surface area contributed by atoms with Crippen LogP contribution in [-0.2, 0) is 0 Å². The molecule has 0 aliphatic heterocycles. The average Bonchev–Trinajstić information content (AvgIpc) is 2.26. The maximum atomic E-state index is 13.6. The molecule has 0 radical (unpaired) electrons. The third-order valence-electron chi connectivity index (χ3n) is 2.51. The molecule has 0 fully saturated rings. The predicted octanol–water partition coefficient (Wildman–Crippen LogP) is 3.60. The minimum absolute atomic E-state index is 0.0226. The number of likely N-dealkylation sites (N-methyl/N-ethyl adjacent to an activating group) is 1. The fraction of sp³-hybridized carbons (Fsp3) is 0.538. The van der Waals surface area contributed by atoms with Crippen molar-refractivity contribution in [3.8, 4) is 5.75 Å². The Balaban J connectivity index is 2.71. The van der Waals surface area contributed by atoms with Crippen LogP contribution in [0.3, 0.4) is 0 Å². The molecule has 0 saturated carbocycles. The fourth-order valence-corrected chi connectivity index (χ4v) is 1.77. The van der Waals surface area contributed by atoms with Gasteiger partial charge in [-0.3, -0.25) is 0 Å². The molecule has 0 amide bonds. The second-order valence-corrected chi connectivity index (χ2v) is 5.20. The number of benzene rings is 1. The summed E-state index contributed by atoms with van der Waals surface area (Å²) in [5, 5.41) is 3.22. The minimum Gasteiger partial charge on any atom is -0.486 e. The van der Waals surface area contributed by atoms with Gasteiger partial charge in [-0.25, -0.2) is 4.39 Å². The monoisotopic (exact) mass is 303 g/mol. The molecule has 0 aliphatic carbocycles. The van der Waals surface area contributed by atoms with Gasteiger partial charge in [0.2, 0.25) is 0 Å². The lowest BCUT2D eigenvalue weighted by Crippen LogP contribution is -2.35. The van der Waals surface area contributed by atoms with Gasteiger partial charge in [0.05, 0.1) is 0 Å². The summed E-state index contributed by atoms with van der Waals surface area (Å²) in [6.07, 6.45) is -0.0226. The van der Waals surface area contributed by atoms with Crippen molar-refractivity contribution in [3.63, 3.8) is 0 Å². The van der Waals surface area contributed by atoms with Crippen LogP contribution in [0.2, 0.25) is 0 Å². The van der Waals surface area contributed by atoms with E-state index >= 15 is 0 Å². The Hall–Kier alpha value is -0.610. The van der Waals surface area contributed by atoms with Crippen molar-refractivity contribution >= 4 is 15.9 Å². The molecule has 1 N–H and O–H groups in total. The van der Waals surface area contributed by atoms with Crippen LogP contribution < -0.4 is 10.1 Å². The van der Waals surface area contributed by atoms with Crippen molar-refractivity contribution in [2.75, 3.05) is 13.1 Å². The molecule has 0 saturated heterocycles. The van der Waals surface area contributed by atoms with Crippen molar-refractivity contribution < 1.29 is 9.13 Å². The molecule has 1 rings (SSSR count). The molecule has 0 heterocycles. The first-order chi connectivity index (χ1) is 8.04. The predicted molar refractivity (Wildman–Crippen MR) is 71.9 cm³/mol. The van der Waals surface area contributed by atoms with Crippen LogP contribution in [0.25, 0.3) is 0 Å². The molecule has 96 valence electrons. The van der Waals surface area contributed by atoms with Crippen LogP contribution in [0.4, 0.5) is 4.39 Å². The Morgan fingerprint density at radius 2 is 2.12 bits per heavy atom. The van der Waals surface area contributed by atoms with Gasteiger partial charge in [0, 0.05) is 11.0 Å². The van der Waals surface area contributed by atoms with E-state index in [-0.39, 0.29) is 11.9 Å². The molecule has 1 atom stereocenters. The molecule has 1 unspecified atom stereocenters. The fourth-order valence-electron chi connectivity index (χ4n) is 1.43. The van der Waals surface area contributed by atoms with E-state index < -0.39 is 0 Å². The molecule has 4 heteroatoms. The quantitative estimate of drug-likeness (QED) is 0.867. The zero-order chi connectivity index (χ0) is 12.8. The Morgan fingerprint density at radius 1 is 1.41 bits per heavy atom. The first-order valence-corrected chi connectivity index (χ1v) is 6.66. The first-order valence-electron chi connectivity index (χ1n) is 5.87. The summed E-state index contributed by atoms with van der Waals surface area (Å²) in [5.41, 5.74) is 0. The third-order valence-corrected chi connectivity index (χ3v) is 3.00. The Bertz CT molecular complexity index is 357. The Morgan fingerprint density at radius 3 is 2.65 bits per heavy atom. The summed E-state index contributed by atoms with van der Waals surface area (Å²) >= 11 is 3.23. The first kappa shape index (κ1) is 14.5. The Labute approximate surface area is 111 Å². The molecule has 0 aromatic heterocycles. The molecule has 0 bridgehead atoms. The highest BCUT2D eigenvalue weighted by atomic mass is 79.9. The van der Waals surface area contributed by atoms with E-state index in [1.165, 1.54) is 6.07 Å². The van der Waals surface area contributed by atoms with Gasteiger partial charge in [-0.2, -0.15) is 0 Å². The lowest BCUT2D eigenvalue weighted by Gasteiger charge is -2.23. The van der Waals surface area contributed by atoms with Gasteiger partial charge >= 0.3 is 0 Å². The number of ether oxygens (including phenoxy) is 1. The van der Waals surface area contributed by atoms with E-state index in [0.717, 1.165) is 17.6 Å². The highest BCUT2D eigenvalue weighted by molar-refractivity contribution is 9.10. The normalized spacial score (nSPS) is 12.8. The smallest absolute Gasteiger partial charge is 0.166 e. The van der Waals surface area contributed by atoms with Crippen LogP contribution in [-0.4, -0.2) is 19.2 Å². The van der Waals surface area contributed by atoms with Crippen molar-refractivity contribution in [3.05, 3.63) is 28.5 Å². The van der Waals surface area contributed by atoms with Gasteiger partial charge < -0.3 is 10.1 Å². The van der Waals surface area contributed by atoms with E-state index in [9.17, 15) is 4.39 Å². The highest BCUT2D eigenvalue weighted by Gasteiger charge is 2.16. The summed E-state index contributed by atoms with van der Waals surface area (Å²) < 4.78 is 20.0. The highest BCUT2D eigenvalue weighted by Crippen LogP contribution is 2.23. The summed E-state index contributed by atoms with van der Waals surface area (Å²) in [5.74, 6) is 0.309. The molecule has 0 spiro atoms. The maximum Gasteiger partial charge on any atom is 0.166 e. The summed E-state index contributed by atoms with van der Waals surface area (Å²) in [4.78, 5) is 0. The number of rotatable bonds is 6. The lowest BCUT2D eigenvalue weighted by atomic mass is 10.1. The van der Waals surface area contributed by atoms with Gasteiger partial charge in [0.1, 0.15) is 6.10 Å². The van der Waals surface area contributed by atoms with Crippen molar-refractivity contribution in [2.24, 2.45) is 5.92 Å². The Kier molecular flexibility index (Phi) is 5.92. The molecule has 1 aromatic carbocycles. The lowest BCUT2D eigenvalue weighted by molar-refractivity contribution is 0.143. The number of hydrogen-bond acceptors (Lipinski definition) is 2. The summed E-state index contributed by atoms with van der Waals surface area (Å²) in [6, 6.07) is 4.85. The van der Waals surface area contributed by atoms with E-state index in [4.69, 9.17) is 4.74 Å². The number of hydrogen-bond donors (Lipinski definition) is 1. The van der Waals surface area contributed by atoms with Gasteiger partial charge in [0.25, 0.3) is 0 Å². The van der Waals surface area contributed by atoms with Gasteiger partial charge in [-0.1, -0.05) is 36.7 Å². The second kappa shape index (κ2) is 6.97. The van der Waals surface area contributed by atoms with Crippen molar-refractivity contribution in [2.45, 2.75) is 26.9 Å². The maximum absolute atomic E-state index is 13.6. The van der Waals surface area contributed by atoms with Crippen LogP contribution >= 0.6 is 15.9 Å². The van der Waals surface area contributed by atoms with Gasteiger partial charge in [0.15, 0.2) is 11.6 Å². The molecule has 17 heavy (non-hydrogen) atoms. The van der Waals surface area contributed by atoms with E-state index in [1.54, 1.807) is 12.1 Å². The average molecular weight is 304 g/mol. The summed E-state index contributed by atoms with van der Waals surface area (Å²) in [6.45, 7) is 7.79. The largest absolute Gasteiger partial charge is 0.486 e. The van der Waals surface area contributed by atoms with Crippen LogP contribution in [0.1, 0.15) is 20.8 Å². The van der Waals surface area contributed by atoms with Crippen molar-refractivity contribution in [1.82, 2.24) is 5.32 Å². The molecule has 1 aromatic rings. The molecule has 0 aliphatic rings. The topological polar surface area (TPSA) is 21.3 Å². The zero-order valence-electron chi connectivity index (χ0n) is 10.5. The SMILES string of the molecule is CCNCC(Oc1ccc(Br)cc1F)C(C)C. The second-order valence-electron chi connectivity index (χ2n) is 4.28. The summed E-state index contributed by atoms with van der Waals surface area (Å²) in [7, 11) is 0. The standard InChI is InChI=1S/C13H19BrFNO/c1-4-16-8-13(9(2)3)17-12-6-5-10(14)7-11(12)15/h5-7,9,13,16H,4,8H2,1-3H3. The molecule has 2 nitrogen and oxygen atoms in total. The van der Waals surface area contributed by atoms with Crippen LogP contribution in [0.15, 0.2) is 22.7 Å². The third kappa shape index (κ3) is 4.64. The van der Waals surface area contributed by atoms with Gasteiger partial charge in [-0.05, 0) is 30.7 Å². The zero-order valence-corrected chi connectivity index (χ0v) is 12.1. The van der Waals surface area contributed by atoms with E-state index in [0.29, 0.717) is 11.7 Å². The van der Waals surface area contributed by atoms with Gasteiger partial charge in [-0.15, -0.1) is 0 Å². The van der Waals surface area contributed by atoms with Crippen LogP contribution in [0.5, 0.6) is 5.75 Å². The van der Waals surface area contributed by atoms with E-state index in [1.807, 2.05) is 6.92 Å². The number of halogens is 2. The van der Waals surface area contributed by atoms with Crippen LogP contribution in [0, 0.1) is 11.7 Å². The molecular formula is C13H19BrFNO. The molecular weight excluding hydrogens is 285 g/mol. The number of nitrogens with one attached hydrogen (secondary N) is 1.